The van der Waals surface area contributed by atoms with Crippen LogP contribution in [0.2, 0.25) is 0 Å². The van der Waals surface area contributed by atoms with Crippen molar-refractivity contribution in [3.8, 4) is 0 Å². The van der Waals surface area contributed by atoms with Crippen LogP contribution >= 0.6 is 15.6 Å². The van der Waals surface area contributed by atoms with Gasteiger partial charge in [-0.15, -0.1) is 0 Å². The Morgan fingerprint density at radius 1 is 0.301 bits per heavy atom. The average molecular weight is 1500 g/mol. The van der Waals surface area contributed by atoms with Gasteiger partial charge < -0.3 is 33.8 Å². The molecular weight excluding hydrogens is 1340 g/mol. The molecule has 0 rings (SSSR count). The molecular formula is C84H160O17P2. The summed E-state index contributed by atoms with van der Waals surface area (Å²) in [6.45, 7) is 7.22. The van der Waals surface area contributed by atoms with E-state index in [4.69, 9.17) is 37.0 Å². The van der Waals surface area contributed by atoms with Crippen molar-refractivity contribution in [2.75, 3.05) is 39.6 Å². The number of allylic oxidation sites excluding steroid dienone is 4. The fraction of sp³-hybridized carbons (Fsp3) is 0.905. The molecule has 0 aliphatic rings. The van der Waals surface area contributed by atoms with Crippen molar-refractivity contribution < 1.29 is 80.2 Å². The van der Waals surface area contributed by atoms with Crippen LogP contribution < -0.4 is 0 Å². The fourth-order valence-corrected chi connectivity index (χ4v) is 14.2. The molecule has 0 heterocycles. The molecule has 0 bridgehead atoms. The van der Waals surface area contributed by atoms with E-state index in [0.717, 1.165) is 109 Å². The van der Waals surface area contributed by atoms with Crippen LogP contribution in [0.4, 0.5) is 0 Å². The van der Waals surface area contributed by atoms with Gasteiger partial charge in [0.15, 0.2) is 12.2 Å². The van der Waals surface area contributed by atoms with Gasteiger partial charge in [0.1, 0.15) is 19.3 Å². The fourth-order valence-electron chi connectivity index (χ4n) is 12.6. The molecule has 2 unspecified atom stereocenters. The number of aliphatic hydroxyl groups excluding tert-OH is 1. The lowest BCUT2D eigenvalue weighted by Gasteiger charge is -2.21. The van der Waals surface area contributed by atoms with E-state index in [0.29, 0.717) is 31.6 Å². The lowest BCUT2D eigenvalue weighted by Crippen LogP contribution is -2.30. The Bertz CT molecular complexity index is 2060. The third-order valence-corrected chi connectivity index (χ3v) is 21.1. The predicted octanol–water partition coefficient (Wildman–Crippen LogP) is 25.1. The Hall–Kier alpha value is -2.46. The Labute approximate surface area is 631 Å². The predicted molar refractivity (Wildman–Crippen MR) is 423 cm³/mol. The zero-order valence-electron chi connectivity index (χ0n) is 66.9. The maximum Gasteiger partial charge on any atom is 0.472 e. The summed E-state index contributed by atoms with van der Waals surface area (Å²) in [5.41, 5.74) is 0. The summed E-state index contributed by atoms with van der Waals surface area (Å²) < 4.78 is 68.7. The van der Waals surface area contributed by atoms with Crippen LogP contribution in [0.1, 0.15) is 426 Å². The van der Waals surface area contributed by atoms with E-state index in [1.807, 2.05) is 0 Å². The summed E-state index contributed by atoms with van der Waals surface area (Å²) in [5.74, 6) is -1.43. The number of carbonyl (C=O) groups is 4. The van der Waals surface area contributed by atoms with Crippen LogP contribution in [0.25, 0.3) is 0 Å². The smallest absolute Gasteiger partial charge is 0.462 e. The molecule has 3 N–H and O–H groups in total. The van der Waals surface area contributed by atoms with Gasteiger partial charge in [-0.3, -0.25) is 37.3 Å². The first-order valence-electron chi connectivity index (χ1n) is 43.0. The molecule has 0 fully saturated rings. The quantitative estimate of drug-likeness (QED) is 0.0169. The molecule has 103 heavy (non-hydrogen) atoms. The Morgan fingerprint density at radius 2 is 0.524 bits per heavy atom. The first kappa shape index (κ1) is 101. The molecule has 0 saturated heterocycles. The van der Waals surface area contributed by atoms with Crippen LogP contribution in [0.5, 0.6) is 0 Å². The van der Waals surface area contributed by atoms with Gasteiger partial charge in [0.2, 0.25) is 0 Å². The standard InChI is InChI=1S/C84H160O17P2/c1-6-9-12-15-18-21-24-27-30-32-34-36-39-41-44-47-52-57-62-67-81(86)94-73-79(100-83(88)70-65-60-54-49-46-43-40-37-35-33-31-28-25-22-19-16-13-10-7-2)75-98-102(90,91)96-71-78(85)72-97-103(92,93)99-76-80(74-95-82(87)68-63-58-55-50-51-56-61-66-77(4)5)101-84(89)69-64-59-53-48-45-42-38-29-26-23-20-17-14-11-8-3/h23,26,29,38,77-80,85H,6-22,24-25,27-28,30-37,39-76H2,1-5H3,(H,90,91)(H,92,93)/b26-23-,38-29-/t78-,79-,80-/m1/s1. The number of hydrogen-bond donors (Lipinski definition) is 3. The lowest BCUT2D eigenvalue weighted by molar-refractivity contribution is -0.161. The topological polar surface area (TPSA) is 237 Å². The number of rotatable bonds is 82. The minimum atomic E-state index is -4.97. The van der Waals surface area contributed by atoms with Gasteiger partial charge in [-0.2, -0.15) is 0 Å². The van der Waals surface area contributed by atoms with Gasteiger partial charge in [0, 0.05) is 25.7 Å². The number of phosphoric ester groups is 2. The van der Waals surface area contributed by atoms with Gasteiger partial charge in [0.05, 0.1) is 26.4 Å². The molecule has 0 saturated carbocycles. The van der Waals surface area contributed by atoms with Crippen molar-refractivity contribution in [2.45, 2.75) is 445 Å². The second kappa shape index (κ2) is 76.3. The third-order valence-electron chi connectivity index (χ3n) is 19.2. The van der Waals surface area contributed by atoms with E-state index in [1.54, 1.807) is 0 Å². The second-order valence-electron chi connectivity index (χ2n) is 30.0. The van der Waals surface area contributed by atoms with Crippen LogP contribution in [0, 0.1) is 5.92 Å². The molecule has 0 aliphatic heterocycles. The summed E-state index contributed by atoms with van der Waals surface area (Å²) in [6.07, 6.45) is 71.8. The monoisotopic (exact) mass is 1500 g/mol. The van der Waals surface area contributed by atoms with Crippen molar-refractivity contribution in [1.82, 2.24) is 0 Å². The molecule has 0 aromatic rings. The van der Waals surface area contributed by atoms with Crippen molar-refractivity contribution in [1.29, 1.82) is 0 Å². The van der Waals surface area contributed by atoms with Gasteiger partial charge in [-0.25, -0.2) is 9.13 Å². The van der Waals surface area contributed by atoms with Gasteiger partial charge >= 0.3 is 39.5 Å². The van der Waals surface area contributed by atoms with E-state index in [2.05, 4.69) is 58.9 Å². The van der Waals surface area contributed by atoms with Crippen LogP contribution in [0.3, 0.4) is 0 Å². The van der Waals surface area contributed by atoms with E-state index in [-0.39, 0.29) is 25.7 Å². The maximum atomic E-state index is 13.1. The Balaban J connectivity index is 5.26. The number of aliphatic hydroxyl groups is 1. The molecule has 0 aromatic carbocycles. The van der Waals surface area contributed by atoms with E-state index >= 15 is 0 Å². The van der Waals surface area contributed by atoms with Crippen LogP contribution in [-0.2, 0) is 65.4 Å². The minimum Gasteiger partial charge on any atom is -0.462 e. The highest BCUT2D eigenvalue weighted by Crippen LogP contribution is 2.45. The lowest BCUT2D eigenvalue weighted by atomic mass is 10.0. The average Bonchev–Trinajstić information content (AvgIpc) is 1.05. The van der Waals surface area contributed by atoms with E-state index in [9.17, 15) is 43.2 Å². The SMILES string of the molecule is CCCCCC/C=C\C=C/CCCCCCCC(=O)O[C@H](COC(=O)CCCCCCCCCC(C)C)COP(=O)(O)OC[C@H](O)COP(=O)(O)OC[C@@H](COC(=O)CCCCCCCCCCCCCCCCCCCCC)OC(=O)CCCCCCCCCCCCCCCCCCCCC. The molecule has 0 spiro atoms. The third kappa shape index (κ3) is 77.5. The van der Waals surface area contributed by atoms with E-state index in [1.165, 1.54) is 231 Å². The summed E-state index contributed by atoms with van der Waals surface area (Å²) >= 11 is 0. The van der Waals surface area contributed by atoms with Crippen LogP contribution in [-0.4, -0.2) is 96.7 Å². The number of phosphoric acid groups is 2. The summed E-state index contributed by atoms with van der Waals surface area (Å²) in [6, 6.07) is 0. The molecule has 0 aliphatic carbocycles. The Morgan fingerprint density at radius 3 is 0.796 bits per heavy atom. The second-order valence-corrected chi connectivity index (χ2v) is 32.9. The minimum absolute atomic E-state index is 0.0847. The first-order valence-corrected chi connectivity index (χ1v) is 45.9. The van der Waals surface area contributed by atoms with Crippen molar-refractivity contribution >= 4 is 39.5 Å². The van der Waals surface area contributed by atoms with Crippen molar-refractivity contribution in [3.63, 3.8) is 0 Å². The van der Waals surface area contributed by atoms with Crippen LogP contribution in [0.15, 0.2) is 24.3 Å². The zero-order chi connectivity index (χ0) is 75.5. The highest BCUT2D eigenvalue weighted by Gasteiger charge is 2.30. The number of unbranched alkanes of at least 4 members (excludes halogenated alkanes) is 51. The maximum absolute atomic E-state index is 13.1. The van der Waals surface area contributed by atoms with Gasteiger partial charge in [-0.05, 0) is 57.3 Å². The van der Waals surface area contributed by atoms with Crippen molar-refractivity contribution in [3.05, 3.63) is 24.3 Å². The summed E-state index contributed by atoms with van der Waals surface area (Å²) in [7, 11) is -9.94. The number of esters is 4. The largest absolute Gasteiger partial charge is 0.472 e. The highest BCUT2D eigenvalue weighted by atomic mass is 31.2. The summed E-state index contributed by atoms with van der Waals surface area (Å²) in [5, 5.41) is 10.7. The molecule has 0 radical (unpaired) electrons. The van der Waals surface area contributed by atoms with Crippen molar-refractivity contribution in [2.24, 2.45) is 5.92 Å². The molecule has 0 amide bonds. The molecule has 5 atom stereocenters. The van der Waals surface area contributed by atoms with E-state index < -0.39 is 97.5 Å². The van der Waals surface area contributed by atoms with Gasteiger partial charge in [0.25, 0.3) is 0 Å². The molecule has 19 heteroatoms. The van der Waals surface area contributed by atoms with Gasteiger partial charge in [-0.1, -0.05) is 374 Å². The molecule has 17 nitrogen and oxygen atoms in total. The Kier molecular flexibility index (Phi) is 74.5. The molecule has 608 valence electrons. The number of ether oxygens (including phenoxy) is 4. The zero-order valence-corrected chi connectivity index (χ0v) is 68.7. The summed E-state index contributed by atoms with van der Waals surface area (Å²) in [4.78, 5) is 73.1. The molecule has 0 aromatic heterocycles. The highest BCUT2D eigenvalue weighted by molar-refractivity contribution is 7.47. The first-order chi connectivity index (χ1) is 50.0. The number of carbonyl (C=O) groups excluding carboxylic acids is 4. The number of hydrogen-bond acceptors (Lipinski definition) is 15. The normalized spacial score (nSPS) is 14.0.